The van der Waals surface area contributed by atoms with Gasteiger partial charge >= 0.3 is 5.97 Å². The van der Waals surface area contributed by atoms with Crippen molar-refractivity contribution in [2.75, 3.05) is 6.61 Å². The third-order valence-corrected chi connectivity index (χ3v) is 3.66. The standard InChI is InChI=1S/C18H17NO2/c20-18(21-11-9-14-4-2-1-3-5-14)16-6-7-17-13-19-10-8-15(17)12-16/h1-5,8,10,12-13H,6-7,9,11H2. The molecule has 106 valence electrons. The summed E-state index contributed by atoms with van der Waals surface area (Å²) in [5.74, 6) is -0.201. The van der Waals surface area contributed by atoms with Crippen LogP contribution in [0.2, 0.25) is 0 Å². The molecule has 3 nitrogen and oxygen atoms in total. The number of carbonyl (C=O) groups is 1. The van der Waals surface area contributed by atoms with Gasteiger partial charge in [0.1, 0.15) is 0 Å². The molecule has 0 aliphatic heterocycles. The summed E-state index contributed by atoms with van der Waals surface area (Å²) < 4.78 is 5.38. The van der Waals surface area contributed by atoms with Crippen molar-refractivity contribution in [1.82, 2.24) is 4.98 Å². The second kappa shape index (κ2) is 6.35. The zero-order chi connectivity index (χ0) is 14.5. The number of esters is 1. The maximum atomic E-state index is 12.1. The Labute approximate surface area is 124 Å². The first-order valence-corrected chi connectivity index (χ1v) is 7.17. The van der Waals surface area contributed by atoms with E-state index in [1.54, 1.807) is 6.20 Å². The third-order valence-electron chi connectivity index (χ3n) is 3.66. The van der Waals surface area contributed by atoms with Gasteiger partial charge in [0.2, 0.25) is 0 Å². The topological polar surface area (TPSA) is 39.2 Å². The highest BCUT2D eigenvalue weighted by atomic mass is 16.5. The quantitative estimate of drug-likeness (QED) is 0.807. The van der Waals surface area contributed by atoms with Gasteiger partial charge in [0.25, 0.3) is 0 Å². The van der Waals surface area contributed by atoms with Crippen molar-refractivity contribution in [3.63, 3.8) is 0 Å². The molecule has 2 aromatic rings. The summed E-state index contributed by atoms with van der Waals surface area (Å²) in [5.41, 5.74) is 4.20. The van der Waals surface area contributed by atoms with Gasteiger partial charge in [-0.3, -0.25) is 4.98 Å². The first kappa shape index (κ1) is 13.6. The average Bonchev–Trinajstić information content (AvgIpc) is 2.55. The van der Waals surface area contributed by atoms with Crippen LogP contribution >= 0.6 is 0 Å². The molecule has 0 fully saturated rings. The molecule has 3 heteroatoms. The SMILES string of the molecule is O=C(OCCc1ccccc1)C1=Cc2ccncc2CC1. The number of rotatable bonds is 4. The highest BCUT2D eigenvalue weighted by Gasteiger charge is 2.17. The van der Waals surface area contributed by atoms with Crippen LogP contribution in [0.1, 0.15) is 23.1 Å². The number of benzene rings is 1. The third kappa shape index (κ3) is 3.37. The van der Waals surface area contributed by atoms with E-state index in [9.17, 15) is 4.79 Å². The van der Waals surface area contributed by atoms with Crippen LogP contribution in [0, 0.1) is 0 Å². The first-order valence-electron chi connectivity index (χ1n) is 7.17. The van der Waals surface area contributed by atoms with E-state index in [-0.39, 0.29) is 5.97 Å². The maximum absolute atomic E-state index is 12.1. The molecule has 1 aliphatic carbocycles. The molecule has 0 saturated heterocycles. The fourth-order valence-corrected chi connectivity index (χ4v) is 2.48. The van der Waals surface area contributed by atoms with Gasteiger partial charge in [-0.1, -0.05) is 30.3 Å². The summed E-state index contributed by atoms with van der Waals surface area (Å²) in [6, 6.07) is 12.0. The lowest BCUT2D eigenvalue weighted by Crippen LogP contribution is -2.13. The van der Waals surface area contributed by atoms with Crippen LogP contribution in [-0.2, 0) is 22.4 Å². The maximum Gasteiger partial charge on any atom is 0.334 e. The molecule has 0 amide bonds. The average molecular weight is 279 g/mol. The van der Waals surface area contributed by atoms with Crippen LogP contribution in [0.15, 0.2) is 54.4 Å². The van der Waals surface area contributed by atoms with Crippen LogP contribution in [-0.4, -0.2) is 17.6 Å². The van der Waals surface area contributed by atoms with Crippen LogP contribution < -0.4 is 0 Å². The number of carbonyl (C=O) groups excluding carboxylic acids is 1. The Balaban J connectivity index is 1.58. The summed E-state index contributed by atoms with van der Waals surface area (Å²) in [4.78, 5) is 16.2. The molecule has 1 aromatic carbocycles. The largest absolute Gasteiger partial charge is 0.462 e. The molecule has 1 aliphatic rings. The number of hydrogen-bond donors (Lipinski definition) is 0. The molecule has 3 rings (SSSR count). The summed E-state index contributed by atoms with van der Waals surface area (Å²) in [7, 11) is 0. The molecule has 0 radical (unpaired) electrons. The van der Waals surface area contributed by atoms with Crippen molar-refractivity contribution in [3.05, 3.63) is 71.1 Å². The van der Waals surface area contributed by atoms with Gasteiger partial charge in [0.05, 0.1) is 6.61 Å². The molecule has 1 heterocycles. The van der Waals surface area contributed by atoms with Gasteiger partial charge in [0, 0.05) is 24.4 Å². The van der Waals surface area contributed by atoms with Crippen molar-refractivity contribution in [1.29, 1.82) is 0 Å². The van der Waals surface area contributed by atoms with E-state index >= 15 is 0 Å². The molecular weight excluding hydrogens is 262 g/mol. The van der Waals surface area contributed by atoms with E-state index in [1.807, 2.05) is 48.7 Å². The van der Waals surface area contributed by atoms with Crippen molar-refractivity contribution >= 4 is 12.0 Å². The zero-order valence-corrected chi connectivity index (χ0v) is 11.8. The predicted molar refractivity (Wildman–Crippen MR) is 81.6 cm³/mol. The Morgan fingerprint density at radius 1 is 1.14 bits per heavy atom. The number of ether oxygens (including phenoxy) is 1. The minimum Gasteiger partial charge on any atom is -0.462 e. The number of fused-ring (bicyclic) bond motifs is 1. The van der Waals surface area contributed by atoms with E-state index in [1.165, 1.54) is 11.1 Å². The normalized spacial score (nSPS) is 13.2. The van der Waals surface area contributed by atoms with Crippen LogP contribution in [0.4, 0.5) is 0 Å². The van der Waals surface area contributed by atoms with Crippen LogP contribution in [0.25, 0.3) is 6.08 Å². The van der Waals surface area contributed by atoms with Gasteiger partial charge in [-0.15, -0.1) is 0 Å². The van der Waals surface area contributed by atoms with Crippen molar-refractivity contribution < 1.29 is 9.53 Å². The smallest absolute Gasteiger partial charge is 0.334 e. The van der Waals surface area contributed by atoms with E-state index in [0.29, 0.717) is 6.61 Å². The molecule has 0 bridgehead atoms. The summed E-state index contributed by atoms with van der Waals surface area (Å²) in [5, 5.41) is 0. The lowest BCUT2D eigenvalue weighted by Gasteiger charge is -2.15. The minimum absolute atomic E-state index is 0.201. The number of pyridine rings is 1. The minimum atomic E-state index is -0.201. The zero-order valence-electron chi connectivity index (χ0n) is 11.8. The molecular formula is C18H17NO2. The number of hydrogen-bond acceptors (Lipinski definition) is 3. The van der Waals surface area contributed by atoms with Gasteiger partial charge in [0.15, 0.2) is 0 Å². The Morgan fingerprint density at radius 2 is 2.00 bits per heavy atom. The molecule has 0 spiro atoms. The van der Waals surface area contributed by atoms with Gasteiger partial charge in [-0.05, 0) is 41.7 Å². The highest BCUT2D eigenvalue weighted by molar-refractivity contribution is 5.94. The van der Waals surface area contributed by atoms with Gasteiger partial charge < -0.3 is 4.74 Å². The Morgan fingerprint density at radius 3 is 2.86 bits per heavy atom. The first-order chi connectivity index (χ1) is 10.3. The second-order valence-corrected chi connectivity index (χ2v) is 5.12. The van der Waals surface area contributed by atoms with E-state index in [4.69, 9.17) is 4.74 Å². The predicted octanol–water partition coefficient (Wildman–Crippen LogP) is 3.20. The molecule has 21 heavy (non-hydrogen) atoms. The van der Waals surface area contributed by atoms with E-state index in [2.05, 4.69) is 4.98 Å². The second-order valence-electron chi connectivity index (χ2n) is 5.12. The molecule has 0 atom stereocenters. The Kier molecular flexibility index (Phi) is 4.10. The number of aromatic nitrogens is 1. The summed E-state index contributed by atoms with van der Waals surface area (Å²) in [6.45, 7) is 0.420. The van der Waals surface area contributed by atoms with Crippen LogP contribution in [0.3, 0.4) is 0 Å². The highest BCUT2D eigenvalue weighted by Crippen LogP contribution is 2.23. The van der Waals surface area contributed by atoms with Crippen molar-refractivity contribution in [2.45, 2.75) is 19.3 Å². The summed E-state index contributed by atoms with van der Waals surface area (Å²) in [6.07, 6.45) is 7.86. The lowest BCUT2D eigenvalue weighted by atomic mass is 9.94. The lowest BCUT2D eigenvalue weighted by molar-refractivity contribution is -0.139. The van der Waals surface area contributed by atoms with Crippen molar-refractivity contribution in [2.24, 2.45) is 0 Å². The van der Waals surface area contributed by atoms with E-state index < -0.39 is 0 Å². The Bertz CT molecular complexity index is 662. The monoisotopic (exact) mass is 279 g/mol. The molecule has 0 unspecified atom stereocenters. The fourth-order valence-electron chi connectivity index (χ4n) is 2.48. The van der Waals surface area contributed by atoms with Gasteiger partial charge in [-0.25, -0.2) is 4.79 Å². The van der Waals surface area contributed by atoms with Crippen molar-refractivity contribution in [3.8, 4) is 0 Å². The van der Waals surface area contributed by atoms with E-state index in [0.717, 1.165) is 30.4 Å². The molecule has 1 aromatic heterocycles. The fraction of sp³-hybridized carbons (Fsp3) is 0.222. The Hall–Kier alpha value is -2.42. The molecule has 0 N–H and O–H groups in total. The number of nitrogens with zero attached hydrogens (tertiary/aromatic N) is 1. The molecule has 0 saturated carbocycles. The number of aryl methyl sites for hydroxylation is 1. The summed E-state index contributed by atoms with van der Waals surface area (Å²) >= 11 is 0. The van der Waals surface area contributed by atoms with Crippen LogP contribution in [0.5, 0.6) is 0 Å². The van der Waals surface area contributed by atoms with Gasteiger partial charge in [-0.2, -0.15) is 0 Å².